The van der Waals surface area contributed by atoms with Gasteiger partial charge in [0.1, 0.15) is 18.8 Å². The van der Waals surface area contributed by atoms with Crippen molar-refractivity contribution in [2.24, 2.45) is 0 Å². The maximum Gasteiger partial charge on any atom is 0.408 e. The molecule has 0 aromatic heterocycles. The fourth-order valence-corrected chi connectivity index (χ4v) is 2.80. The van der Waals surface area contributed by atoms with Crippen LogP contribution in [0.4, 0.5) is 4.79 Å². The molecule has 1 aromatic rings. The molecule has 4 atom stereocenters. The Morgan fingerprint density at radius 3 is 2.21 bits per heavy atom. The Labute approximate surface area is 201 Å². The molecule has 0 aliphatic rings. The van der Waals surface area contributed by atoms with Crippen LogP contribution in [0, 0.1) is 0 Å². The molecule has 0 aliphatic heterocycles. The van der Waals surface area contributed by atoms with Gasteiger partial charge in [-0.15, -0.1) is 0 Å². The van der Waals surface area contributed by atoms with Crippen molar-refractivity contribution in [3.05, 3.63) is 60.2 Å². The largest absolute Gasteiger partial charge is 0.467 e. The Morgan fingerprint density at radius 2 is 1.65 bits per heavy atom. The van der Waals surface area contributed by atoms with E-state index in [0.717, 1.165) is 16.7 Å². The number of aliphatic hydroxyl groups excluding tert-OH is 1. The van der Waals surface area contributed by atoms with Gasteiger partial charge >= 0.3 is 12.1 Å². The summed E-state index contributed by atoms with van der Waals surface area (Å²) in [4.78, 5) is 24.3. The zero-order chi connectivity index (χ0) is 25.5. The lowest BCUT2D eigenvalue weighted by Crippen LogP contribution is -2.47. The fraction of sp³-hybridized carbons (Fsp3) is 0.520. The Bertz CT molecular complexity index is 780. The Hall–Kier alpha value is -2.72. The highest BCUT2D eigenvalue weighted by atomic mass is 16.6. The number of benzene rings is 1. The second kappa shape index (κ2) is 16.0. The second-order valence-electron chi connectivity index (χ2n) is 8.10. The second-order valence-corrected chi connectivity index (χ2v) is 8.10. The van der Waals surface area contributed by atoms with Crippen LogP contribution in [-0.2, 0) is 35.1 Å². The number of rotatable bonds is 16. The van der Waals surface area contributed by atoms with Gasteiger partial charge in [0.25, 0.3) is 0 Å². The van der Waals surface area contributed by atoms with E-state index in [9.17, 15) is 14.7 Å². The minimum atomic E-state index is -1.10. The van der Waals surface area contributed by atoms with Crippen molar-refractivity contribution in [1.29, 1.82) is 0 Å². The van der Waals surface area contributed by atoms with Gasteiger partial charge in [-0.2, -0.15) is 0 Å². The first-order valence-electron chi connectivity index (χ1n) is 11.0. The molecule has 0 fully saturated rings. The summed E-state index contributed by atoms with van der Waals surface area (Å²) in [5.74, 6) is -0.693. The first-order chi connectivity index (χ1) is 16.1. The maximum absolute atomic E-state index is 12.2. The van der Waals surface area contributed by atoms with Gasteiger partial charge in [0.15, 0.2) is 6.04 Å². The summed E-state index contributed by atoms with van der Waals surface area (Å²) < 4.78 is 27.2. The number of hydrogen-bond acceptors (Lipinski definition) is 8. The summed E-state index contributed by atoms with van der Waals surface area (Å²) in [5.41, 5.74) is 2.37. The van der Waals surface area contributed by atoms with Crippen molar-refractivity contribution >= 4 is 12.1 Å². The van der Waals surface area contributed by atoms with Crippen LogP contribution >= 0.6 is 0 Å². The normalized spacial score (nSPS) is 14.4. The van der Waals surface area contributed by atoms with E-state index in [1.165, 1.54) is 7.11 Å². The predicted molar refractivity (Wildman–Crippen MR) is 127 cm³/mol. The van der Waals surface area contributed by atoms with Crippen LogP contribution < -0.4 is 5.32 Å². The number of hydrogen-bond donors (Lipinski definition) is 2. The number of nitrogens with one attached hydrogen (secondary N) is 1. The molecule has 0 aliphatic carbocycles. The molecule has 0 spiro atoms. The molecule has 9 heteroatoms. The van der Waals surface area contributed by atoms with Gasteiger partial charge in [-0.3, -0.25) is 0 Å². The summed E-state index contributed by atoms with van der Waals surface area (Å²) >= 11 is 0. The summed E-state index contributed by atoms with van der Waals surface area (Å²) in [6.07, 6.45) is -3.03. The van der Waals surface area contributed by atoms with Crippen LogP contribution in [0.1, 0.15) is 26.3 Å². The van der Waals surface area contributed by atoms with Gasteiger partial charge in [-0.1, -0.05) is 54.6 Å². The molecule has 1 aromatic carbocycles. The molecule has 1 rings (SSSR count). The zero-order valence-electron chi connectivity index (χ0n) is 20.5. The Morgan fingerprint density at radius 1 is 1.03 bits per heavy atom. The van der Waals surface area contributed by atoms with E-state index in [4.69, 9.17) is 23.7 Å². The highest BCUT2D eigenvalue weighted by molar-refractivity contribution is 5.81. The molecule has 0 radical (unpaired) electrons. The molecule has 190 valence electrons. The minimum Gasteiger partial charge on any atom is -0.467 e. The molecule has 0 bridgehead atoms. The molecule has 34 heavy (non-hydrogen) atoms. The SMILES string of the molecule is C=C(C)CO[C@@H]([C@H](C)O)[C@H](COC[C@H](NC(=O)OCc1ccccc1)C(=O)OC)OCC(=C)C. The Kier molecular flexibility index (Phi) is 13.8. The number of amides is 1. The minimum absolute atomic E-state index is 0.0206. The number of carbonyl (C=O) groups excluding carboxylic acids is 2. The monoisotopic (exact) mass is 479 g/mol. The summed E-state index contributed by atoms with van der Waals surface area (Å²) in [5, 5.41) is 12.7. The number of alkyl carbamates (subject to hydrolysis) is 1. The lowest BCUT2D eigenvalue weighted by molar-refractivity contribution is -0.148. The molecule has 0 saturated carbocycles. The van der Waals surface area contributed by atoms with Crippen molar-refractivity contribution < 1.29 is 38.4 Å². The quantitative estimate of drug-likeness (QED) is 0.275. The van der Waals surface area contributed by atoms with E-state index in [1.54, 1.807) is 6.92 Å². The molecule has 0 saturated heterocycles. The number of methoxy groups -OCH3 is 1. The van der Waals surface area contributed by atoms with E-state index in [1.807, 2.05) is 44.2 Å². The third-order valence-corrected chi connectivity index (χ3v) is 4.47. The number of esters is 1. The molecule has 0 heterocycles. The average molecular weight is 480 g/mol. The number of aliphatic hydroxyl groups is 1. The van der Waals surface area contributed by atoms with Gasteiger partial charge in [0.2, 0.25) is 0 Å². The van der Waals surface area contributed by atoms with Crippen LogP contribution in [0.25, 0.3) is 0 Å². The average Bonchev–Trinajstić information content (AvgIpc) is 2.79. The van der Waals surface area contributed by atoms with Crippen LogP contribution in [0.3, 0.4) is 0 Å². The van der Waals surface area contributed by atoms with E-state index < -0.39 is 36.4 Å². The molecular weight excluding hydrogens is 442 g/mol. The number of ether oxygens (including phenoxy) is 5. The third kappa shape index (κ3) is 11.9. The highest BCUT2D eigenvalue weighted by Crippen LogP contribution is 2.13. The van der Waals surface area contributed by atoms with Crippen molar-refractivity contribution in [1.82, 2.24) is 5.32 Å². The molecular formula is C25H37NO8. The predicted octanol–water partition coefficient (Wildman–Crippen LogP) is 2.77. The topological polar surface area (TPSA) is 113 Å². The Balaban J connectivity index is 2.72. The van der Waals surface area contributed by atoms with Crippen molar-refractivity contribution in [3.8, 4) is 0 Å². The summed E-state index contributed by atoms with van der Waals surface area (Å²) in [7, 11) is 1.21. The standard InChI is InChI=1S/C25H37NO8/c1-17(2)12-32-22(23(19(5)27)33-13-18(3)4)16-31-15-21(24(28)30-6)26-25(29)34-14-20-10-8-7-9-11-20/h7-11,19,21-23,27H,1,3,12-16H2,2,4-6H3,(H,26,29)/t19-,21-,22-,23-/m0/s1. The number of carbonyl (C=O) groups is 2. The lowest BCUT2D eigenvalue weighted by atomic mass is 10.1. The molecule has 1 amide bonds. The van der Waals surface area contributed by atoms with Crippen LogP contribution in [0.15, 0.2) is 54.6 Å². The van der Waals surface area contributed by atoms with Crippen molar-refractivity contribution in [2.45, 2.75) is 51.7 Å². The van der Waals surface area contributed by atoms with E-state index in [-0.39, 0.29) is 33.0 Å². The van der Waals surface area contributed by atoms with E-state index in [2.05, 4.69) is 18.5 Å². The van der Waals surface area contributed by atoms with Crippen LogP contribution in [0.2, 0.25) is 0 Å². The smallest absolute Gasteiger partial charge is 0.408 e. The van der Waals surface area contributed by atoms with Gasteiger partial charge in [-0.25, -0.2) is 9.59 Å². The molecule has 9 nitrogen and oxygen atoms in total. The molecule has 0 unspecified atom stereocenters. The summed E-state index contributed by atoms with van der Waals surface area (Å²) in [6, 6.07) is 8.04. The van der Waals surface area contributed by atoms with Gasteiger partial charge in [0, 0.05) is 0 Å². The fourth-order valence-electron chi connectivity index (χ4n) is 2.80. The van der Waals surface area contributed by atoms with Gasteiger partial charge in [0.05, 0.1) is 39.6 Å². The van der Waals surface area contributed by atoms with Crippen LogP contribution in [0.5, 0.6) is 0 Å². The summed E-state index contributed by atoms with van der Waals surface area (Å²) in [6.45, 7) is 13.1. The zero-order valence-corrected chi connectivity index (χ0v) is 20.5. The van der Waals surface area contributed by atoms with Crippen molar-refractivity contribution in [2.75, 3.05) is 33.5 Å². The van der Waals surface area contributed by atoms with E-state index in [0.29, 0.717) is 0 Å². The highest BCUT2D eigenvalue weighted by Gasteiger charge is 2.29. The van der Waals surface area contributed by atoms with Gasteiger partial charge < -0.3 is 34.1 Å². The van der Waals surface area contributed by atoms with Crippen molar-refractivity contribution in [3.63, 3.8) is 0 Å². The molecule has 2 N–H and O–H groups in total. The van der Waals surface area contributed by atoms with E-state index >= 15 is 0 Å². The maximum atomic E-state index is 12.2. The lowest BCUT2D eigenvalue weighted by Gasteiger charge is -2.30. The first kappa shape index (κ1) is 29.3. The van der Waals surface area contributed by atoms with Crippen LogP contribution in [-0.4, -0.2) is 75.1 Å². The van der Waals surface area contributed by atoms with Gasteiger partial charge in [-0.05, 0) is 26.3 Å². The first-order valence-corrected chi connectivity index (χ1v) is 11.0. The third-order valence-electron chi connectivity index (χ3n) is 4.47.